The Bertz CT molecular complexity index is 377. The molecule has 0 fully saturated rings. The molecule has 1 rings (SSSR count). The molecule has 2 N–H and O–H groups in total. The molecule has 0 aromatic carbocycles. The molecule has 0 aliphatic rings. The molecule has 0 spiro atoms. The van der Waals surface area contributed by atoms with Gasteiger partial charge in [-0.1, -0.05) is 13.8 Å². The molecule has 1 heterocycles. The summed E-state index contributed by atoms with van der Waals surface area (Å²) in [6, 6.07) is 1.70. The number of hydrogen-bond acceptors (Lipinski definition) is 4. The third-order valence-corrected chi connectivity index (χ3v) is 2.58. The number of ether oxygens (including phenoxy) is 1. The molecule has 94 valence electrons. The summed E-state index contributed by atoms with van der Waals surface area (Å²) in [6.07, 6.45) is 3.17. The maximum atomic E-state index is 12.1. The molecule has 1 aromatic rings. The van der Waals surface area contributed by atoms with Crippen LogP contribution < -0.4 is 5.73 Å². The number of aromatic nitrogens is 1. The van der Waals surface area contributed by atoms with E-state index in [1.807, 2.05) is 20.8 Å². The molecule has 0 saturated carbocycles. The summed E-state index contributed by atoms with van der Waals surface area (Å²) >= 11 is 0. The maximum Gasteiger partial charge on any atom is 0.166 e. The summed E-state index contributed by atoms with van der Waals surface area (Å²) in [5.74, 6) is 0.224. The molecule has 4 heteroatoms. The van der Waals surface area contributed by atoms with E-state index in [1.165, 1.54) is 0 Å². The van der Waals surface area contributed by atoms with Gasteiger partial charge in [-0.15, -0.1) is 0 Å². The Hall–Kier alpha value is -1.42. The minimum absolute atomic E-state index is 0.0570. The van der Waals surface area contributed by atoms with Crippen LogP contribution in [0.1, 0.15) is 26.3 Å². The summed E-state index contributed by atoms with van der Waals surface area (Å²) in [6.45, 7) is 6.38. The first-order valence-electron chi connectivity index (χ1n) is 5.89. The highest BCUT2D eigenvalue weighted by molar-refractivity contribution is 5.86. The number of pyridine rings is 1. The third-order valence-electron chi connectivity index (χ3n) is 2.58. The second-order valence-electron chi connectivity index (χ2n) is 4.34. The Labute approximate surface area is 102 Å². The number of rotatable bonds is 6. The van der Waals surface area contributed by atoms with Crippen LogP contribution in [0.5, 0.6) is 0 Å². The van der Waals surface area contributed by atoms with E-state index in [4.69, 9.17) is 10.5 Å². The summed E-state index contributed by atoms with van der Waals surface area (Å²) in [5.41, 5.74) is 7.16. The molecule has 4 nitrogen and oxygen atoms in total. The van der Waals surface area contributed by atoms with Crippen LogP contribution in [0.15, 0.2) is 18.5 Å². The van der Waals surface area contributed by atoms with Crippen molar-refractivity contribution in [1.82, 2.24) is 4.98 Å². The molecule has 0 saturated heterocycles. The predicted molar refractivity (Wildman–Crippen MR) is 67.6 cm³/mol. The Morgan fingerprint density at radius 2 is 2.24 bits per heavy atom. The van der Waals surface area contributed by atoms with Gasteiger partial charge in [-0.25, -0.2) is 0 Å². The van der Waals surface area contributed by atoms with Crippen LogP contribution in [0.25, 0.3) is 0 Å². The van der Waals surface area contributed by atoms with E-state index in [0.717, 1.165) is 5.56 Å². The lowest BCUT2D eigenvalue weighted by Crippen LogP contribution is -2.31. The Morgan fingerprint density at radius 3 is 2.76 bits per heavy atom. The van der Waals surface area contributed by atoms with E-state index in [0.29, 0.717) is 12.3 Å². The normalized spacial score (nSPS) is 12.7. The molecule has 1 aromatic heterocycles. The number of carbonyl (C=O) groups is 1. The van der Waals surface area contributed by atoms with Gasteiger partial charge in [-0.2, -0.15) is 0 Å². The van der Waals surface area contributed by atoms with Gasteiger partial charge in [0.1, 0.15) is 6.10 Å². The van der Waals surface area contributed by atoms with Gasteiger partial charge < -0.3 is 10.5 Å². The van der Waals surface area contributed by atoms with E-state index in [-0.39, 0.29) is 24.2 Å². The lowest BCUT2D eigenvalue weighted by atomic mass is 9.98. The summed E-state index contributed by atoms with van der Waals surface area (Å²) in [5, 5.41) is 0. The molecular weight excluding hydrogens is 216 g/mol. The van der Waals surface area contributed by atoms with Gasteiger partial charge >= 0.3 is 0 Å². The molecule has 1 unspecified atom stereocenters. The summed E-state index contributed by atoms with van der Waals surface area (Å²) < 4.78 is 5.47. The van der Waals surface area contributed by atoms with E-state index >= 15 is 0 Å². The molecule has 0 bridgehead atoms. The predicted octanol–water partition coefficient (Wildman–Crippen LogP) is 1.84. The fourth-order valence-corrected chi connectivity index (χ4v) is 1.71. The number of anilines is 1. The lowest BCUT2D eigenvalue weighted by molar-refractivity contribution is -0.132. The largest absolute Gasteiger partial charge is 0.398 e. The standard InChI is InChI=1S/C13H20N2O2/c1-4-17-13(9(2)3)12(16)7-10-8-15-6-5-11(10)14/h5-6,8-9,13H,4,7H2,1-3H3,(H2,14,15). The topological polar surface area (TPSA) is 65.2 Å². The summed E-state index contributed by atoms with van der Waals surface area (Å²) in [7, 11) is 0. The molecular formula is C13H20N2O2. The second-order valence-corrected chi connectivity index (χ2v) is 4.34. The first kappa shape index (κ1) is 13.6. The zero-order chi connectivity index (χ0) is 12.8. The van der Waals surface area contributed by atoms with Crippen molar-refractivity contribution in [2.45, 2.75) is 33.3 Å². The fourth-order valence-electron chi connectivity index (χ4n) is 1.71. The average Bonchev–Trinajstić information content (AvgIpc) is 2.28. The molecule has 0 radical (unpaired) electrons. The van der Waals surface area contributed by atoms with E-state index in [2.05, 4.69) is 4.98 Å². The third kappa shape index (κ3) is 3.82. The molecule has 0 amide bonds. The molecule has 0 aliphatic carbocycles. The number of nitrogens with two attached hydrogens (primary N) is 1. The SMILES string of the molecule is CCOC(C(=O)Cc1cnccc1N)C(C)C. The van der Waals surface area contributed by atoms with Crippen molar-refractivity contribution in [3.05, 3.63) is 24.0 Å². The lowest BCUT2D eigenvalue weighted by Gasteiger charge is -2.19. The first-order valence-corrected chi connectivity index (χ1v) is 5.89. The highest BCUT2D eigenvalue weighted by Crippen LogP contribution is 2.15. The van der Waals surface area contributed by atoms with Crippen LogP contribution in [-0.2, 0) is 16.0 Å². The number of ketones is 1. The van der Waals surface area contributed by atoms with Crippen molar-refractivity contribution < 1.29 is 9.53 Å². The van der Waals surface area contributed by atoms with Crippen LogP contribution in [0.4, 0.5) is 5.69 Å². The molecule has 17 heavy (non-hydrogen) atoms. The van der Waals surface area contributed by atoms with Gasteiger partial charge in [0.2, 0.25) is 0 Å². The van der Waals surface area contributed by atoms with Crippen LogP contribution in [-0.4, -0.2) is 23.5 Å². The zero-order valence-corrected chi connectivity index (χ0v) is 10.6. The van der Waals surface area contributed by atoms with Gasteiger partial charge in [0.05, 0.1) is 0 Å². The first-order chi connectivity index (χ1) is 8.06. The highest BCUT2D eigenvalue weighted by atomic mass is 16.5. The van der Waals surface area contributed by atoms with Gasteiger partial charge in [0.25, 0.3) is 0 Å². The van der Waals surface area contributed by atoms with Gasteiger partial charge in [0, 0.05) is 36.7 Å². The van der Waals surface area contributed by atoms with Crippen LogP contribution in [0.2, 0.25) is 0 Å². The second kappa shape index (κ2) is 6.35. The van der Waals surface area contributed by atoms with Crippen LogP contribution >= 0.6 is 0 Å². The van der Waals surface area contributed by atoms with Crippen LogP contribution in [0.3, 0.4) is 0 Å². The van der Waals surface area contributed by atoms with Crippen LogP contribution in [0, 0.1) is 5.92 Å². The Kier molecular flexibility index (Phi) is 5.10. The quantitative estimate of drug-likeness (QED) is 0.818. The zero-order valence-electron chi connectivity index (χ0n) is 10.6. The monoisotopic (exact) mass is 236 g/mol. The smallest absolute Gasteiger partial charge is 0.166 e. The van der Waals surface area contributed by atoms with Gasteiger partial charge in [0.15, 0.2) is 5.78 Å². The van der Waals surface area contributed by atoms with Gasteiger partial charge in [-0.05, 0) is 18.9 Å². The number of hydrogen-bond donors (Lipinski definition) is 1. The van der Waals surface area contributed by atoms with E-state index < -0.39 is 0 Å². The minimum Gasteiger partial charge on any atom is -0.398 e. The number of carbonyl (C=O) groups excluding carboxylic acids is 1. The van der Waals surface area contributed by atoms with Crippen molar-refractivity contribution in [2.75, 3.05) is 12.3 Å². The fraction of sp³-hybridized carbons (Fsp3) is 0.538. The van der Waals surface area contributed by atoms with Crippen molar-refractivity contribution in [3.8, 4) is 0 Å². The number of nitrogens with zero attached hydrogens (tertiary/aromatic N) is 1. The maximum absolute atomic E-state index is 12.1. The van der Waals surface area contributed by atoms with Crippen molar-refractivity contribution in [3.63, 3.8) is 0 Å². The average molecular weight is 236 g/mol. The Morgan fingerprint density at radius 1 is 1.53 bits per heavy atom. The van der Waals surface area contributed by atoms with E-state index in [1.54, 1.807) is 18.5 Å². The molecule has 0 aliphatic heterocycles. The van der Waals surface area contributed by atoms with Crippen molar-refractivity contribution >= 4 is 11.5 Å². The molecule has 1 atom stereocenters. The summed E-state index contributed by atoms with van der Waals surface area (Å²) in [4.78, 5) is 16.1. The van der Waals surface area contributed by atoms with Gasteiger partial charge in [-0.3, -0.25) is 9.78 Å². The minimum atomic E-state index is -0.361. The Balaban J connectivity index is 2.73. The number of Topliss-reactive ketones (excluding diaryl/α,β-unsaturated/α-hetero) is 1. The highest BCUT2D eigenvalue weighted by Gasteiger charge is 2.22. The van der Waals surface area contributed by atoms with Crippen molar-refractivity contribution in [2.24, 2.45) is 5.92 Å². The van der Waals surface area contributed by atoms with E-state index in [9.17, 15) is 4.79 Å². The van der Waals surface area contributed by atoms with Crippen molar-refractivity contribution in [1.29, 1.82) is 0 Å². The number of nitrogen functional groups attached to an aromatic ring is 1.